The van der Waals surface area contributed by atoms with Crippen LogP contribution in [0.1, 0.15) is 42.9 Å². The van der Waals surface area contributed by atoms with Crippen molar-refractivity contribution in [1.82, 2.24) is 4.90 Å². The summed E-state index contributed by atoms with van der Waals surface area (Å²) < 4.78 is 0. The third-order valence-corrected chi connectivity index (χ3v) is 6.92. The maximum Gasteiger partial charge on any atom is 0.321 e. The Balaban J connectivity index is 1.46. The number of likely N-dealkylation sites (tertiary alicyclic amines) is 1. The van der Waals surface area contributed by atoms with Gasteiger partial charge in [0.05, 0.1) is 5.71 Å². The first-order chi connectivity index (χ1) is 15.0. The van der Waals surface area contributed by atoms with Gasteiger partial charge in [0.2, 0.25) is 0 Å². The van der Waals surface area contributed by atoms with E-state index in [1.807, 2.05) is 36.1 Å². The Morgan fingerprint density at radius 1 is 1.00 bits per heavy atom. The topological polar surface area (TPSA) is 57.1 Å². The smallest absolute Gasteiger partial charge is 0.321 e. The van der Waals surface area contributed by atoms with E-state index >= 15 is 0 Å². The zero-order valence-electron chi connectivity index (χ0n) is 18.5. The lowest BCUT2D eigenvalue weighted by Crippen LogP contribution is -2.46. The molecule has 1 N–H and O–H groups in total. The van der Waals surface area contributed by atoms with Gasteiger partial charge in [0.1, 0.15) is 5.04 Å². The third-order valence-electron chi connectivity index (χ3n) is 5.75. The summed E-state index contributed by atoms with van der Waals surface area (Å²) in [5, 5.41) is 4.05. The molecule has 0 atom stereocenters. The van der Waals surface area contributed by atoms with Gasteiger partial charge in [-0.25, -0.2) is 9.79 Å². The molecule has 1 saturated heterocycles. The van der Waals surface area contributed by atoms with Gasteiger partial charge in [-0.05, 0) is 38.2 Å². The number of thioether (sulfide) groups is 1. The molecule has 1 spiro atoms. The molecule has 0 aliphatic carbocycles. The van der Waals surface area contributed by atoms with Crippen LogP contribution in [0.2, 0.25) is 0 Å². The van der Waals surface area contributed by atoms with Crippen molar-refractivity contribution in [3.8, 4) is 0 Å². The van der Waals surface area contributed by atoms with Gasteiger partial charge >= 0.3 is 6.03 Å². The Kier molecular flexibility index (Phi) is 6.46. The molecule has 0 saturated carbocycles. The molecule has 2 aromatic rings. The van der Waals surface area contributed by atoms with Crippen LogP contribution in [-0.4, -0.2) is 46.2 Å². The van der Waals surface area contributed by atoms with Gasteiger partial charge in [0.25, 0.3) is 0 Å². The molecule has 5 nitrogen and oxygen atoms in total. The Bertz CT molecular complexity index is 987. The number of carbonyl (C=O) groups excluding carboxylic acids is 1. The first-order valence-electron chi connectivity index (χ1n) is 11.0. The summed E-state index contributed by atoms with van der Waals surface area (Å²) in [4.78, 5) is 24.8. The Hall–Kier alpha value is -2.60. The standard InChI is InChI=1S/C25H30N4OS/c1-4-17-31-23-22(20-9-5-18(2)6-10-20)27-25(28-23)13-15-29(16-14-25)24(30)26-21-11-7-19(3)8-12-21/h5-12H,4,13-17H2,1-3H3,(H,26,30). The maximum atomic E-state index is 12.7. The predicted octanol–water partition coefficient (Wildman–Crippen LogP) is 5.67. The van der Waals surface area contributed by atoms with E-state index in [2.05, 4.69) is 43.4 Å². The van der Waals surface area contributed by atoms with E-state index in [0.717, 1.165) is 47.0 Å². The van der Waals surface area contributed by atoms with Crippen molar-refractivity contribution in [2.75, 3.05) is 24.2 Å². The van der Waals surface area contributed by atoms with Crippen LogP contribution in [-0.2, 0) is 0 Å². The SMILES string of the molecule is CCCSC1=NC2(CCN(C(=O)Nc3ccc(C)cc3)CC2)N=C1c1ccc(C)cc1. The number of rotatable bonds is 4. The fraction of sp³-hybridized carbons (Fsp3) is 0.400. The van der Waals surface area contributed by atoms with Crippen molar-refractivity contribution in [2.45, 2.75) is 45.7 Å². The number of anilines is 1. The highest BCUT2D eigenvalue weighted by atomic mass is 32.2. The van der Waals surface area contributed by atoms with Crippen LogP contribution in [0.5, 0.6) is 0 Å². The number of piperidine rings is 1. The second-order valence-electron chi connectivity index (χ2n) is 8.36. The molecule has 0 aromatic heterocycles. The fourth-order valence-corrected chi connectivity index (χ4v) is 4.78. The number of carbonyl (C=O) groups is 1. The van der Waals surface area contributed by atoms with E-state index < -0.39 is 5.66 Å². The van der Waals surface area contributed by atoms with Crippen molar-refractivity contribution in [2.24, 2.45) is 9.98 Å². The molecule has 4 rings (SSSR count). The molecule has 6 heteroatoms. The number of hydrogen-bond donors (Lipinski definition) is 1. The van der Waals surface area contributed by atoms with E-state index in [0.29, 0.717) is 13.1 Å². The van der Waals surface area contributed by atoms with E-state index in [4.69, 9.17) is 9.98 Å². The summed E-state index contributed by atoms with van der Waals surface area (Å²) in [5.74, 6) is 1.03. The van der Waals surface area contributed by atoms with Gasteiger partial charge in [0.15, 0.2) is 5.66 Å². The summed E-state index contributed by atoms with van der Waals surface area (Å²) in [6, 6.07) is 16.4. The van der Waals surface area contributed by atoms with Crippen LogP contribution in [0, 0.1) is 13.8 Å². The van der Waals surface area contributed by atoms with Gasteiger partial charge in [-0.2, -0.15) is 0 Å². The van der Waals surface area contributed by atoms with Crippen LogP contribution in [0.3, 0.4) is 0 Å². The molecule has 0 unspecified atom stereocenters. The lowest BCUT2D eigenvalue weighted by Gasteiger charge is -2.35. The number of hydrogen-bond acceptors (Lipinski definition) is 4. The maximum absolute atomic E-state index is 12.7. The molecular formula is C25H30N4OS. The molecule has 2 amide bonds. The number of amides is 2. The van der Waals surface area contributed by atoms with Crippen molar-refractivity contribution < 1.29 is 4.79 Å². The zero-order chi connectivity index (χ0) is 21.8. The number of benzene rings is 2. The molecule has 31 heavy (non-hydrogen) atoms. The number of nitrogens with zero attached hydrogens (tertiary/aromatic N) is 3. The highest BCUT2D eigenvalue weighted by molar-refractivity contribution is 8.15. The Morgan fingerprint density at radius 2 is 1.61 bits per heavy atom. The normalized spacial score (nSPS) is 17.5. The summed E-state index contributed by atoms with van der Waals surface area (Å²) >= 11 is 1.80. The van der Waals surface area contributed by atoms with Gasteiger partial charge in [-0.15, -0.1) is 11.8 Å². The first kappa shape index (κ1) is 21.6. The first-order valence-corrected chi connectivity index (χ1v) is 12.0. The fourth-order valence-electron chi connectivity index (χ4n) is 3.85. The molecule has 2 aliphatic rings. The van der Waals surface area contributed by atoms with Crippen LogP contribution in [0.25, 0.3) is 0 Å². The second-order valence-corrected chi connectivity index (χ2v) is 9.44. The van der Waals surface area contributed by atoms with Crippen molar-refractivity contribution >= 4 is 34.2 Å². The molecule has 1 fully saturated rings. The summed E-state index contributed by atoms with van der Waals surface area (Å²) in [7, 11) is 0. The van der Waals surface area contributed by atoms with Crippen LogP contribution >= 0.6 is 11.8 Å². The minimum atomic E-state index is -0.434. The van der Waals surface area contributed by atoms with Crippen LogP contribution < -0.4 is 5.32 Å². The van der Waals surface area contributed by atoms with E-state index in [1.165, 1.54) is 11.1 Å². The highest BCUT2D eigenvalue weighted by Gasteiger charge is 2.40. The minimum Gasteiger partial charge on any atom is -0.324 e. The summed E-state index contributed by atoms with van der Waals surface area (Å²) in [6.07, 6.45) is 2.60. The molecule has 0 radical (unpaired) electrons. The molecular weight excluding hydrogens is 404 g/mol. The third kappa shape index (κ3) is 5.01. The number of aliphatic imine (C=N–C) groups is 2. The summed E-state index contributed by atoms with van der Waals surface area (Å²) in [5.41, 5.74) is 4.95. The number of urea groups is 1. The van der Waals surface area contributed by atoms with E-state index in [1.54, 1.807) is 11.8 Å². The molecule has 0 bridgehead atoms. The number of aryl methyl sites for hydroxylation is 2. The Morgan fingerprint density at radius 3 is 2.23 bits per heavy atom. The number of nitrogens with one attached hydrogen (secondary N) is 1. The summed E-state index contributed by atoms with van der Waals surface area (Å²) in [6.45, 7) is 7.62. The van der Waals surface area contributed by atoms with Crippen molar-refractivity contribution in [3.63, 3.8) is 0 Å². The predicted molar refractivity (Wildman–Crippen MR) is 132 cm³/mol. The van der Waals surface area contributed by atoms with Crippen molar-refractivity contribution in [1.29, 1.82) is 0 Å². The van der Waals surface area contributed by atoms with Gasteiger partial charge in [-0.1, -0.05) is 54.4 Å². The molecule has 2 aliphatic heterocycles. The molecule has 2 heterocycles. The van der Waals surface area contributed by atoms with Gasteiger partial charge in [-0.3, -0.25) is 4.99 Å². The van der Waals surface area contributed by atoms with Crippen LogP contribution in [0.4, 0.5) is 10.5 Å². The minimum absolute atomic E-state index is 0.0519. The average molecular weight is 435 g/mol. The second kappa shape index (κ2) is 9.27. The van der Waals surface area contributed by atoms with Gasteiger partial charge in [0, 0.05) is 37.2 Å². The zero-order valence-corrected chi connectivity index (χ0v) is 19.3. The molecule has 162 valence electrons. The molecule has 2 aromatic carbocycles. The van der Waals surface area contributed by atoms with E-state index in [-0.39, 0.29) is 6.03 Å². The lowest BCUT2D eigenvalue weighted by atomic mass is 9.98. The average Bonchev–Trinajstić information content (AvgIpc) is 3.12. The van der Waals surface area contributed by atoms with Crippen molar-refractivity contribution in [3.05, 3.63) is 65.2 Å². The highest BCUT2D eigenvalue weighted by Crippen LogP contribution is 2.36. The largest absolute Gasteiger partial charge is 0.324 e. The monoisotopic (exact) mass is 434 g/mol. The van der Waals surface area contributed by atoms with E-state index in [9.17, 15) is 4.79 Å². The quantitative estimate of drug-likeness (QED) is 0.674. The Labute approximate surface area is 189 Å². The van der Waals surface area contributed by atoms with Crippen LogP contribution in [0.15, 0.2) is 58.5 Å². The lowest BCUT2D eigenvalue weighted by molar-refractivity contribution is 0.175. The van der Waals surface area contributed by atoms with Gasteiger partial charge < -0.3 is 10.2 Å².